The summed E-state index contributed by atoms with van der Waals surface area (Å²) in [6.45, 7) is 0. The largest absolute Gasteiger partial charge is 0.383 e. The average molecular weight is 251 g/mol. The van der Waals surface area contributed by atoms with Crippen LogP contribution in [0, 0.1) is 0 Å². The highest BCUT2D eigenvalue weighted by molar-refractivity contribution is 7.92. The van der Waals surface area contributed by atoms with E-state index in [9.17, 15) is 8.42 Å². The molecular weight excluding hydrogens is 242 g/mol. The Labute approximate surface area is 97.8 Å². The molecule has 2 aromatic heterocycles. The number of anilines is 2. The van der Waals surface area contributed by atoms with Gasteiger partial charge in [0, 0.05) is 18.6 Å². The number of nitrogens with two attached hydrogens (primary N) is 1. The highest BCUT2D eigenvalue weighted by Crippen LogP contribution is 2.16. The Balaban J connectivity index is 2.36. The van der Waals surface area contributed by atoms with E-state index in [2.05, 4.69) is 19.7 Å². The van der Waals surface area contributed by atoms with Crippen molar-refractivity contribution in [3.05, 3.63) is 36.8 Å². The maximum absolute atomic E-state index is 11.9. The molecule has 0 atom stereocenters. The third kappa shape index (κ3) is 2.48. The van der Waals surface area contributed by atoms with Crippen LogP contribution in [0.25, 0.3) is 0 Å². The van der Waals surface area contributed by atoms with Crippen LogP contribution in [-0.2, 0) is 10.0 Å². The van der Waals surface area contributed by atoms with Crippen molar-refractivity contribution in [2.24, 2.45) is 0 Å². The van der Waals surface area contributed by atoms with Crippen molar-refractivity contribution in [3.8, 4) is 0 Å². The molecular formula is C9H9N5O2S. The number of hydrogen-bond donors (Lipinski definition) is 2. The van der Waals surface area contributed by atoms with Gasteiger partial charge < -0.3 is 5.73 Å². The lowest BCUT2D eigenvalue weighted by molar-refractivity contribution is 0.601. The molecule has 7 nitrogen and oxygen atoms in total. The zero-order chi connectivity index (χ0) is 12.3. The van der Waals surface area contributed by atoms with Crippen LogP contribution in [0.5, 0.6) is 0 Å². The standard InChI is InChI=1S/C9H9N5O2S/c10-8-7(3-1-4-11-8)17(15,16)14-9-12-5-2-6-13-9/h1-6H,(H2,10,11)(H,12,13,14). The van der Waals surface area contributed by atoms with Crippen molar-refractivity contribution in [1.82, 2.24) is 15.0 Å². The van der Waals surface area contributed by atoms with Crippen LogP contribution in [0.15, 0.2) is 41.7 Å². The first kappa shape index (κ1) is 11.3. The summed E-state index contributed by atoms with van der Waals surface area (Å²) in [5, 5.41) is 0. The highest BCUT2D eigenvalue weighted by atomic mass is 32.2. The smallest absolute Gasteiger partial charge is 0.267 e. The minimum absolute atomic E-state index is 0.0178. The SMILES string of the molecule is Nc1ncccc1S(=O)(=O)Nc1ncccn1. The Hall–Kier alpha value is -2.22. The predicted octanol–water partition coefficient (Wildman–Crippen LogP) is 0.255. The molecule has 2 aromatic rings. The van der Waals surface area contributed by atoms with Gasteiger partial charge in [-0.3, -0.25) is 0 Å². The summed E-state index contributed by atoms with van der Waals surface area (Å²) in [5.41, 5.74) is 5.49. The third-order valence-corrected chi connectivity index (χ3v) is 3.26. The molecule has 2 heterocycles. The van der Waals surface area contributed by atoms with E-state index in [4.69, 9.17) is 5.73 Å². The number of rotatable bonds is 3. The van der Waals surface area contributed by atoms with Crippen LogP contribution in [-0.4, -0.2) is 23.4 Å². The molecule has 0 saturated heterocycles. The summed E-state index contributed by atoms with van der Waals surface area (Å²) in [4.78, 5) is 11.1. The average Bonchev–Trinajstić information content (AvgIpc) is 2.30. The van der Waals surface area contributed by atoms with Gasteiger partial charge in [-0.15, -0.1) is 0 Å². The summed E-state index contributed by atoms with van der Waals surface area (Å²) >= 11 is 0. The quantitative estimate of drug-likeness (QED) is 0.809. The Morgan fingerprint density at radius 1 is 1.06 bits per heavy atom. The van der Waals surface area contributed by atoms with Gasteiger partial charge in [0.15, 0.2) is 0 Å². The minimum atomic E-state index is -3.81. The molecule has 3 N–H and O–H groups in total. The molecule has 0 aliphatic carbocycles. The topological polar surface area (TPSA) is 111 Å². The lowest BCUT2D eigenvalue weighted by Crippen LogP contribution is -2.16. The van der Waals surface area contributed by atoms with Crippen LogP contribution >= 0.6 is 0 Å². The fraction of sp³-hybridized carbons (Fsp3) is 0. The first-order chi connectivity index (χ1) is 8.09. The van der Waals surface area contributed by atoms with Crippen molar-refractivity contribution in [3.63, 3.8) is 0 Å². The van der Waals surface area contributed by atoms with Crippen LogP contribution in [0.1, 0.15) is 0 Å². The molecule has 0 fully saturated rings. The van der Waals surface area contributed by atoms with Crippen LogP contribution in [0.3, 0.4) is 0 Å². The monoisotopic (exact) mass is 251 g/mol. The first-order valence-electron chi connectivity index (χ1n) is 4.60. The Bertz CT molecular complexity index is 614. The van der Waals surface area contributed by atoms with Gasteiger partial charge in [0.1, 0.15) is 10.7 Å². The van der Waals surface area contributed by atoms with E-state index in [1.165, 1.54) is 30.7 Å². The molecule has 0 aliphatic heterocycles. The molecule has 8 heteroatoms. The van der Waals surface area contributed by atoms with Gasteiger partial charge >= 0.3 is 0 Å². The second kappa shape index (κ2) is 4.34. The maximum Gasteiger partial charge on any atom is 0.267 e. The van der Waals surface area contributed by atoms with Crippen molar-refractivity contribution in [1.29, 1.82) is 0 Å². The summed E-state index contributed by atoms with van der Waals surface area (Å²) in [6.07, 6.45) is 4.27. The molecule has 0 unspecified atom stereocenters. The second-order valence-corrected chi connectivity index (χ2v) is 4.72. The molecule has 0 spiro atoms. The van der Waals surface area contributed by atoms with Crippen molar-refractivity contribution in [2.45, 2.75) is 4.90 Å². The number of nitrogens with zero attached hydrogens (tertiary/aromatic N) is 3. The molecule has 0 radical (unpaired) electrons. The van der Waals surface area contributed by atoms with E-state index >= 15 is 0 Å². The highest BCUT2D eigenvalue weighted by Gasteiger charge is 2.18. The number of hydrogen-bond acceptors (Lipinski definition) is 6. The van der Waals surface area contributed by atoms with Crippen LogP contribution in [0.4, 0.5) is 11.8 Å². The van der Waals surface area contributed by atoms with Crippen LogP contribution < -0.4 is 10.5 Å². The maximum atomic E-state index is 11.9. The summed E-state index contributed by atoms with van der Waals surface area (Å²) < 4.78 is 26.0. The van der Waals surface area contributed by atoms with E-state index in [-0.39, 0.29) is 16.7 Å². The molecule has 0 amide bonds. The fourth-order valence-electron chi connectivity index (χ4n) is 1.16. The molecule has 0 aromatic carbocycles. The number of sulfonamides is 1. The summed E-state index contributed by atoms with van der Waals surface area (Å²) in [7, 11) is -3.81. The fourth-order valence-corrected chi connectivity index (χ4v) is 2.20. The zero-order valence-corrected chi connectivity index (χ0v) is 9.42. The zero-order valence-electron chi connectivity index (χ0n) is 8.61. The first-order valence-corrected chi connectivity index (χ1v) is 6.08. The normalized spacial score (nSPS) is 11.1. The van der Waals surface area contributed by atoms with Gasteiger partial charge in [0.05, 0.1) is 0 Å². The molecule has 2 rings (SSSR count). The lowest BCUT2D eigenvalue weighted by atomic mass is 10.5. The van der Waals surface area contributed by atoms with E-state index in [0.717, 1.165) is 0 Å². The Morgan fingerprint density at radius 2 is 1.71 bits per heavy atom. The van der Waals surface area contributed by atoms with Crippen molar-refractivity contribution in [2.75, 3.05) is 10.5 Å². The van der Waals surface area contributed by atoms with Gasteiger partial charge in [-0.1, -0.05) is 0 Å². The molecule has 17 heavy (non-hydrogen) atoms. The van der Waals surface area contributed by atoms with E-state index in [1.54, 1.807) is 6.07 Å². The van der Waals surface area contributed by atoms with Gasteiger partial charge in [-0.25, -0.2) is 28.1 Å². The van der Waals surface area contributed by atoms with Gasteiger partial charge in [0.2, 0.25) is 5.95 Å². The van der Waals surface area contributed by atoms with Gasteiger partial charge in [-0.05, 0) is 18.2 Å². The number of nitrogens with one attached hydrogen (secondary N) is 1. The second-order valence-electron chi connectivity index (χ2n) is 3.06. The summed E-state index contributed by atoms with van der Waals surface area (Å²) in [5.74, 6) is -0.0910. The van der Waals surface area contributed by atoms with E-state index in [0.29, 0.717) is 0 Å². The number of pyridine rings is 1. The van der Waals surface area contributed by atoms with Crippen LogP contribution in [0.2, 0.25) is 0 Å². The lowest BCUT2D eigenvalue weighted by Gasteiger charge is -2.07. The number of nitrogen functional groups attached to an aromatic ring is 1. The molecule has 0 saturated carbocycles. The van der Waals surface area contributed by atoms with E-state index < -0.39 is 10.0 Å². The van der Waals surface area contributed by atoms with Gasteiger partial charge in [-0.2, -0.15) is 0 Å². The molecule has 0 aliphatic rings. The predicted molar refractivity (Wildman–Crippen MR) is 61.5 cm³/mol. The Morgan fingerprint density at radius 3 is 2.35 bits per heavy atom. The van der Waals surface area contributed by atoms with E-state index in [1.807, 2.05) is 0 Å². The molecule has 88 valence electrons. The molecule has 0 bridgehead atoms. The number of aromatic nitrogens is 3. The Kier molecular flexibility index (Phi) is 2.88. The van der Waals surface area contributed by atoms with Gasteiger partial charge in [0.25, 0.3) is 10.0 Å². The van der Waals surface area contributed by atoms with Crippen molar-refractivity contribution >= 4 is 21.8 Å². The summed E-state index contributed by atoms with van der Waals surface area (Å²) in [6, 6.07) is 4.42. The third-order valence-electron chi connectivity index (χ3n) is 1.88. The minimum Gasteiger partial charge on any atom is -0.383 e. The van der Waals surface area contributed by atoms with Crippen molar-refractivity contribution < 1.29 is 8.42 Å².